The van der Waals surface area contributed by atoms with E-state index in [1.54, 1.807) is 0 Å². The van der Waals surface area contributed by atoms with Gasteiger partial charge in [0.15, 0.2) is 0 Å². The minimum Gasteiger partial charge on any atom is -0.478 e. The van der Waals surface area contributed by atoms with E-state index >= 15 is 0 Å². The highest BCUT2D eigenvalue weighted by atomic mass is 16.4. The van der Waals surface area contributed by atoms with E-state index in [2.05, 4.69) is 19.9 Å². The quantitative estimate of drug-likeness (QED) is 0.585. The molecular formula is C15H22O3. The Morgan fingerprint density at radius 2 is 2.17 bits per heavy atom. The first-order valence-corrected chi connectivity index (χ1v) is 6.61. The fourth-order valence-electron chi connectivity index (χ4n) is 3.64. The topological polar surface area (TPSA) is 57.5 Å². The van der Waals surface area contributed by atoms with Crippen LogP contribution in [0.5, 0.6) is 0 Å². The van der Waals surface area contributed by atoms with Crippen molar-refractivity contribution in [2.24, 2.45) is 17.3 Å². The minimum absolute atomic E-state index is 0.0327. The third kappa shape index (κ3) is 2.24. The third-order valence-electron chi connectivity index (χ3n) is 4.58. The van der Waals surface area contributed by atoms with Crippen LogP contribution in [0.25, 0.3) is 0 Å². The molecule has 0 aromatic heterocycles. The first-order valence-electron chi connectivity index (χ1n) is 6.61. The molecule has 0 saturated heterocycles. The van der Waals surface area contributed by atoms with Gasteiger partial charge >= 0.3 is 5.97 Å². The summed E-state index contributed by atoms with van der Waals surface area (Å²) in [5, 5.41) is 19.3. The summed E-state index contributed by atoms with van der Waals surface area (Å²) in [6.45, 7) is 6.21. The second kappa shape index (κ2) is 4.54. The predicted molar refractivity (Wildman–Crippen MR) is 70.1 cm³/mol. The summed E-state index contributed by atoms with van der Waals surface area (Å²) in [6.07, 6.45) is 6.01. The molecule has 0 amide bonds. The molecule has 2 N–H and O–H groups in total. The molecule has 100 valence electrons. The lowest BCUT2D eigenvalue weighted by Crippen LogP contribution is -2.35. The molecule has 0 radical (unpaired) electrons. The summed E-state index contributed by atoms with van der Waals surface area (Å²) in [4.78, 5) is 10.7. The van der Waals surface area contributed by atoms with Crippen molar-refractivity contribution in [1.29, 1.82) is 0 Å². The Bertz CT molecular complexity index is 417. The van der Waals surface area contributed by atoms with Gasteiger partial charge in [-0.3, -0.25) is 0 Å². The van der Waals surface area contributed by atoms with Crippen LogP contribution in [0.3, 0.4) is 0 Å². The van der Waals surface area contributed by atoms with Crippen molar-refractivity contribution in [2.75, 3.05) is 0 Å². The molecule has 0 aromatic rings. The van der Waals surface area contributed by atoms with Gasteiger partial charge in [-0.05, 0) is 31.6 Å². The number of aliphatic hydroxyl groups is 1. The van der Waals surface area contributed by atoms with E-state index in [1.807, 2.05) is 6.92 Å². The van der Waals surface area contributed by atoms with Crippen LogP contribution in [-0.4, -0.2) is 22.3 Å². The molecule has 1 saturated carbocycles. The SMILES string of the molecule is CC(=CC(=O)O)[C@@H]1CC2=CCCC(C)(C)C2[C@@H]1O. The van der Waals surface area contributed by atoms with E-state index < -0.39 is 12.1 Å². The molecule has 0 heterocycles. The smallest absolute Gasteiger partial charge is 0.328 e. The molecular weight excluding hydrogens is 228 g/mol. The summed E-state index contributed by atoms with van der Waals surface area (Å²) < 4.78 is 0. The molecule has 0 spiro atoms. The van der Waals surface area contributed by atoms with E-state index in [4.69, 9.17) is 5.11 Å². The van der Waals surface area contributed by atoms with E-state index in [-0.39, 0.29) is 17.3 Å². The van der Waals surface area contributed by atoms with E-state index in [9.17, 15) is 9.90 Å². The summed E-state index contributed by atoms with van der Waals surface area (Å²) in [5.41, 5.74) is 2.21. The van der Waals surface area contributed by atoms with Gasteiger partial charge in [0.05, 0.1) is 6.10 Å². The summed E-state index contributed by atoms with van der Waals surface area (Å²) in [7, 11) is 0. The molecule has 2 rings (SSSR count). The first kappa shape index (κ1) is 13.3. The number of carboxylic acids is 1. The van der Waals surface area contributed by atoms with Crippen LogP contribution >= 0.6 is 0 Å². The zero-order valence-electron chi connectivity index (χ0n) is 11.3. The second-order valence-corrected chi connectivity index (χ2v) is 6.31. The van der Waals surface area contributed by atoms with Crippen LogP contribution in [0, 0.1) is 17.3 Å². The predicted octanol–water partition coefficient (Wildman–Crippen LogP) is 2.76. The number of hydrogen-bond donors (Lipinski definition) is 2. The van der Waals surface area contributed by atoms with Gasteiger partial charge in [-0.15, -0.1) is 0 Å². The van der Waals surface area contributed by atoms with Gasteiger partial charge in [0.1, 0.15) is 0 Å². The lowest BCUT2D eigenvalue weighted by atomic mass is 9.68. The molecule has 0 bridgehead atoms. The average Bonchev–Trinajstić information content (AvgIpc) is 2.55. The van der Waals surface area contributed by atoms with E-state index in [0.29, 0.717) is 0 Å². The van der Waals surface area contributed by atoms with Crippen LogP contribution in [-0.2, 0) is 4.79 Å². The number of allylic oxidation sites excluding steroid dienone is 1. The van der Waals surface area contributed by atoms with Gasteiger partial charge in [0, 0.05) is 17.9 Å². The number of hydrogen-bond acceptors (Lipinski definition) is 2. The maximum Gasteiger partial charge on any atom is 0.328 e. The Morgan fingerprint density at radius 1 is 1.50 bits per heavy atom. The highest BCUT2D eigenvalue weighted by Crippen LogP contribution is 2.52. The van der Waals surface area contributed by atoms with Gasteiger partial charge in [0.25, 0.3) is 0 Å². The Kier molecular flexibility index (Phi) is 3.37. The van der Waals surface area contributed by atoms with Crippen molar-refractivity contribution in [3.05, 3.63) is 23.3 Å². The summed E-state index contributed by atoms with van der Waals surface area (Å²) >= 11 is 0. The highest BCUT2D eigenvalue weighted by Gasteiger charge is 2.47. The van der Waals surface area contributed by atoms with Crippen molar-refractivity contribution < 1.29 is 15.0 Å². The van der Waals surface area contributed by atoms with Gasteiger partial charge in [-0.1, -0.05) is 31.1 Å². The molecule has 3 atom stereocenters. The maximum atomic E-state index is 10.7. The Hall–Kier alpha value is -1.09. The number of aliphatic hydroxyl groups excluding tert-OH is 1. The van der Waals surface area contributed by atoms with Crippen molar-refractivity contribution in [3.63, 3.8) is 0 Å². The van der Waals surface area contributed by atoms with Crippen molar-refractivity contribution >= 4 is 5.97 Å². The summed E-state index contributed by atoms with van der Waals surface area (Å²) in [5.74, 6) is -0.772. The number of carbonyl (C=O) groups is 1. The molecule has 3 heteroatoms. The molecule has 3 nitrogen and oxygen atoms in total. The average molecular weight is 250 g/mol. The fourth-order valence-corrected chi connectivity index (χ4v) is 3.64. The second-order valence-electron chi connectivity index (χ2n) is 6.31. The molecule has 1 fully saturated rings. The highest BCUT2D eigenvalue weighted by molar-refractivity contribution is 5.80. The molecule has 18 heavy (non-hydrogen) atoms. The minimum atomic E-state index is -0.928. The van der Waals surface area contributed by atoms with Crippen LogP contribution in [0.2, 0.25) is 0 Å². The van der Waals surface area contributed by atoms with Crippen LogP contribution in [0.15, 0.2) is 23.3 Å². The van der Waals surface area contributed by atoms with Crippen molar-refractivity contribution in [1.82, 2.24) is 0 Å². The molecule has 1 unspecified atom stereocenters. The molecule has 2 aliphatic carbocycles. The monoisotopic (exact) mass is 250 g/mol. The normalized spacial score (nSPS) is 35.0. The molecule has 0 aromatic carbocycles. The molecule has 2 aliphatic rings. The van der Waals surface area contributed by atoms with E-state index in [0.717, 1.165) is 24.8 Å². The number of rotatable bonds is 2. The third-order valence-corrected chi connectivity index (χ3v) is 4.58. The Balaban J connectivity index is 2.28. The van der Waals surface area contributed by atoms with Crippen LogP contribution < -0.4 is 0 Å². The first-order chi connectivity index (χ1) is 8.33. The van der Waals surface area contributed by atoms with Crippen LogP contribution in [0.1, 0.15) is 40.0 Å². The zero-order valence-corrected chi connectivity index (χ0v) is 11.3. The van der Waals surface area contributed by atoms with Gasteiger partial charge in [-0.25, -0.2) is 4.79 Å². The van der Waals surface area contributed by atoms with Crippen molar-refractivity contribution in [2.45, 2.75) is 46.1 Å². The fraction of sp³-hybridized carbons (Fsp3) is 0.667. The van der Waals surface area contributed by atoms with Gasteiger partial charge in [-0.2, -0.15) is 0 Å². The Labute approximate surface area is 108 Å². The summed E-state index contributed by atoms with van der Waals surface area (Å²) in [6, 6.07) is 0. The number of aliphatic carboxylic acids is 1. The maximum absolute atomic E-state index is 10.7. The lowest BCUT2D eigenvalue weighted by Gasteiger charge is -2.38. The molecule has 0 aliphatic heterocycles. The lowest BCUT2D eigenvalue weighted by molar-refractivity contribution is -0.131. The zero-order chi connectivity index (χ0) is 13.5. The van der Waals surface area contributed by atoms with Crippen molar-refractivity contribution in [3.8, 4) is 0 Å². The van der Waals surface area contributed by atoms with Gasteiger partial charge < -0.3 is 10.2 Å². The van der Waals surface area contributed by atoms with Gasteiger partial charge in [0.2, 0.25) is 0 Å². The standard InChI is InChI=1S/C15H22O3/c1-9(7-12(16)17)11-8-10-5-4-6-15(2,3)13(10)14(11)18/h5,7,11,13-14,18H,4,6,8H2,1-3H3,(H,16,17)/t11-,13?,14+/m0/s1. The Morgan fingerprint density at radius 3 is 2.72 bits per heavy atom. The van der Waals surface area contributed by atoms with E-state index in [1.165, 1.54) is 11.6 Å². The number of carboxylic acid groups (broad SMARTS) is 1. The largest absolute Gasteiger partial charge is 0.478 e. The number of fused-ring (bicyclic) bond motifs is 1. The van der Waals surface area contributed by atoms with Crippen LogP contribution in [0.4, 0.5) is 0 Å².